The molecular formula is C48H83N5O7. The Kier molecular flexibility index (Phi) is 22.7. The normalized spacial score (nSPS) is 18.7. The summed E-state index contributed by atoms with van der Waals surface area (Å²) < 4.78 is 12.2. The molecule has 0 saturated carbocycles. The summed E-state index contributed by atoms with van der Waals surface area (Å²) in [6.45, 7) is 19.9. The van der Waals surface area contributed by atoms with E-state index in [-0.39, 0.29) is 84.4 Å². The van der Waals surface area contributed by atoms with E-state index in [1.165, 1.54) is 0 Å². The number of nitrogens with one attached hydrogen (secondary N) is 1. The van der Waals surface area contributed by atoms with E-state index in [9.17, 15) is 24.0 Å². The summed E-state index contributed by atoms with van der Waals surface area (Å²) in [6.07, 6.45) is 1.71. The molecule has 1 unspecified atom stereocenters. The number of Topliss-reactive ketones (excluding diaryl/α,β-unsaturated/α-hetero) is 2. The van der Waals surface area contributed by atoms with Crippen molar-refractivity contribution in [3.05, 3.63) is 35.9 Å². The van der Waals surface area contributed by atoms with Crippen molar-refractivity contribution in [3.8, 4) is 0 Å². The van der Waals surface area contributed by atoms with Crippen LogP contribution >= 0.6 is 0 Å². The number of methoxy groups -OCH3 is 2. The summed E-state index contributed by atoms with van der Waals surface area (Å²) >= 11 is 0. The molecule has 60 heavy (non-hydrogen) atoms. The first-order chi connectivity index (χ1) is 28.2. The standard InChI is InChI=1S/C48H83N5O7/c1-16-34(8)45(52(13)48(58)38(31(2)3)29-41(55)44(32(4)5)51(12)33(6)7)42(59-14)30-43(56)53-25-20-23-39(53)46(60-15)35(9)40(54)28-37(27-36-21-18-17-19-22-36)47(57)49-24-26-50(10)11/h17-19,21-22,31-35,37-39,42,44-46H,16,20,23-30H2,1-15H3,(H,49,57)/t34-,35-,37+,38-,39-,42+,44-,45?,46+/m0/s1. The molecule has 1 aromatic rings. The molecule has 0 aromatic heterocycles. The zero-order chi connectivity index (χ0) is 45.4. The molecule has 1 N–H and O–H groups in total. The summed E-state index contributed by atoms with van der Waals surface area (Å²) in [5.41, 5.74) is 0.986. The van der Waals surface area contributed by atoms with Gasteiger partial charge in [-0.3, -0.25) is 28.9 Å². The van der Waals surface area contributed by atoms with E-state index < -0.39 is 36.0 Å². The molecule has 1 aromatic carbocycles. The quantitative estimate of drug-likeness (QED) is 0.114. The van der Waals surface area contributed by atoms with Crippen molar-refractivity contribution in [1.29, 1.82) is 0 Å². The molecule has 1 saturated heterocycles. The SMILES string of the molecule is CC[C@H](C)C([C@@H](CC(=O)N1CCC[C@H]1[C@H](OC)[C@@H](C)C(=O)C[C@@H](Cc1ccccc1)C(=O)NCCN(C)C)OC)N(C)C(=O)[C@@H](CC(=O)[C@H](C(C)C)N(C)C(C)C)C(C)C. The number of ketones is 2. The van der Waals surface area contributed by atoms with E-state index in [0.717, 1.165) is 18.4 Å². The number of likely N-dealkylation sites (tertiary alicyclic amines) is 1. The van der Waals surface area contributed by atoms with Gasteiger partial charge < -0.3 is 29.5 Å². The van der Waals surface area contributed by atoms with Crippen molar-refractivity contribution in [1.82, 2.24) is 24.9 Å². The van der Waals surface area contributed by atoms with E-state index in [1.807, 2.05) is 82.0 Å². The number of amides is 3. The predicted octanol–water partition coefficient (Wildman–Crippen LogP) is 6.00. The minimum atomic E-state index is -0.605. The molecule has 342 valence electrons. The van der Waals surface area contributed by atoms with Crippen LogP contribution in [0.2, 0.25) is 0 Å². The van der Waals surface area contributed by atoms with Crippen LogP contribution in [0.1, 0.15) is 106 Å². The molecule has 0 spiro atoms. The zero-order valence-electron chi connectivity index (χ0n) is 40.0. The number of nitrogens with zero attached hydrogens (tertiary/aromatic N) is 4. The molecule has 1 aliphatic rings. The average molecular weight is 842 g/mol. The van der Waals surface area contributed by atoms with Crippen molar-refractivity contribution in [2.75, 3.05) is 62.0 Å². The number of benzene rings is 1. The highest BCUT2D eigenvalue weighted by atomic mass is 16.5. The summed E-state index contributed by atoms with van der Waals surface area (Å²) in [5.74, 6) is -2.01. The molecule has 3 amide bonds. The van der Waals surface area contributed by atoms with Crippen LogP contribution in [0.3, 0.4) is 0 Å². The summed E-state index contributed by atoms with van der Waals surface area (Å²) in [7, 11) is 10.8. The number of hydrogen-bond acceptors (Lipinski definition) is 9. The Morgan fingerprint density at radius 2 is 1.47 bits per heavy atom. The molecule has 1 fully saturated rings. The number of carbonyl (C=O) groups excluding carboxylic acids is 5. The van der Waals surface area contributed by atoms with Gasteiger partial charge in [0.05, 0.1) is 36.8 Å². The Balaban J connectivity index is 2.31. The smallest absolute Gasteiger partial charge is 0.226 e. The van der Waals surface area contributed by atoms with Crippen molar-refractivity contribution >= 4 is 29.3 Å². The molecule has 9 atom stereocenters. The third kappa shape index (κ3) is 15.0. The molecular weight excluding hydrogens is 759 g/mol. The number of carbonyl (C=O) groups is 5. The van der Waals surface area contributed by atoms with E-state index in [2.05, 4.69) is 51.8 Å². The van der Waals surface area contributed by atoms with Crippen molar-refractivity contribution in [2.45, 2.75) is 144 Å². The fourth-order valence-corrected chi connectivity index (χ4v) is 9.07. The number of likely N-dealkylation sites (N-methyl/N-ethyl adjacent to an activating group) is 3. The summed E-state index contributed by atoms with van der Waals surface area (Å²) in [6, 6.07) is 8.87. The Bertz CT molecular complexity index is 1490. The average Bonchev–Trinajstić information content (AvgIpc) is 3.68. The van der Waals surface area contributed by atoms with Gasteiger partial charge in [0.1, 0.15) is 5.78 Å². The third-order valence-corrected chi connectivity index (χ3v) is 13.1. The van der Waals surface area contributed by atoms with Crippen LogP contribution in [-0.2, 0) is 39.9 Å². The van der Waals surface area contributed by atoms with Crippen molar-refractivity contribution in [2.24, 2.45) is 35.5 Å². The van der Waals surface area contributed by atoms with Gasteiger partial charge in [-0.05, 0) is 77.6 Å². The lowest BCUT2D eigenvalue weighted by Gasteiger charge is -2.41. The fourth-order valence-electron chi connectivity index (χ4n) is 9.07. The van der Waals surface area contributed by atoms with Crippen LogP contribution in [-0.4, -0.2) is 147 Å². The molecule has 0 radical (unpaired) electrons. The second-order valence-corrected chi connectivity index (χ2v) is 18.7. The molecule has 12 heteroatoms. The second kappa shape index (κ2) is 25.7. The topological polar surface area (TPSA) is 129 Å². The van der Waals surface area contributed by atoms with Crippen LogP contribution in [0.4, 0.5) is 0 Å². The number of ether oxygens (including phenoxy) is 2. The van der Waals surface area contributed by atoms with Gasteiger partial charge in [-0.25, -0.2) is 0 Å². The van der Waals surface area contributed by atoms with Crippen LogP contribution < -0.4 is 5.32 Å². The number of rotatable bonds is 27. The van der Waals surface area contributed by atoms with Gasteiger partial charge in [0.2, 0.25) is 17.7 Å². The Morgan fingerprint density at radius 3 is 1.98 bits per heavy atom. The minimum Gasteiger partial charge on any atom is -0.379 e. The molecule has 2 rings (SSSR count). The van der Waals surface area contributed by atoms with Gasteiger partial charge in [0.25, 0.3) is 0 Å². The third-order valence-electron chi connectivity index (χ3n) is 13.1. The monoisotopic (exact) mass is 842 g/mol. The fraction of sp³-hybridized carbons (Fsp3) is 0.771. The van der Waals surface area contributed by atoms with E-state index >= 15 is 0 Å². The Morgan fingerprint density at radius 1 is 0.833 bits per heavy atom. The Labute approximate surface area is 363 Å². The predicted molar refractivity (Wildman–Crippen MR) is 240 cm³/mol. The zero-order valence-corrected chi connectivity index (χ0v) is 40.0. The number of hydrogen-bond donors (Lipinski definition) is 1. The van der Waals surface area contributed by atoms with Crippen LogP contribution in [0.25, 0.3) is 0 Å². The van der Waals surface area contributed by atoms with Gasteiger partial charge in [-0.2, -0.15) is 0 Å². The van der Waals surface area contributed by atoms with Crippen LogP contribution in [0, 0.1) is 35.5 Å². The van der Waals surface area contributed by atoms with Crippen molar-refractivity contribution in [3.63, 3.8) is 0 Å². The second-order valence-electron chi connectivity index (χ2n) is 18.7. The molecule has 1 heterocycles. The highest BCUT2D eigenvalue weighted by Gasteiger charge is 2.43. The van der Waals surface area contributed by atoms with Gasteiger partial charge in [0, 0.05) is 77.5 Å². The van der Waals surface area contributed by atoms with Crippen molar-refractivity contribution < 1.29 is 33.4 Å². The van der Waals surface area contributed by atoms with E-state index in [4.69, 9.17) is 9.47 Å². The lowest BCUT2D eigenvalue weighted by molar-refractivity contribution is -0.149. The first kappa shape index (κ1) is 52.9. The highest BCUT2D eigenvalue weighted by molar-refractivity contribution is 5.90. The first-order valence-corrected chi connectivity index (χ1v) is 22.6. The van der Waals surface area contributed by atoms with Crippen LogP contribution in [0.15, 0.2) is 30.3 Å². The summed E-state index contributed by atoms with van der Waals surface area (Å²) in [4.78, 5) is 78.0. The largest absolute Gasteiger partial charge is 0.379 e. The van der Waals surface area contributed by atoms with Gasteiger partial charge in [0.15, 0.2) is 5.78 Å². The summed E-state index contributed by atoms with van der Waals surface area (Å²) in [5, 5.41) is 3.02. The van der Waals surface area contributed by atoms with Gasteiger partial charge in [-0.15, -0.1) is 0 Å². The maximum absolute atomic E-state index is 14.5. The maximum Gasteiger partial charge on any atom is 0.226 e. The first-order valence-electron chi connectivity index (χ1n) is 22.6. The minimum absolute atomic E-state index is 0.00152. The highest BCUT2D eigenvalue weighted by Crippen LogP contribution is 2.32. The lowest BCUT2D eigenvalue weighted by Crippen LogP contribution is -2.54. The van der Waals surface area contributed by atoms with Gasteiger partial charge in [-0.1, -0.05) is 85.2 Å². The molecule has 1 aliphatic heterocycles. The molecule has 0 bridgehead atoms. The van der Waals surface area contributed by atoms with E-state index in [1.54, 1.807) is 26.2 Å². The molecule has 12 nitrogen and oxygen atoms in total. The lowest BCUT2D eigenvalue weighted by atomic mass is 9.83. The Hall–Kier alpha value is -3.19. The molecule has 0 aliphatic carbocycles. The van der Waals surface area contributed by atoms with Gasteiger partial charge >= 0.3 is 0 Å². The van der Waals surface area contributed by atoms with Crippen LogP contribution in [0.5, 0.6) is 0 Å². The maximum atomic E-state index is 14.5. The van der Waals surface area contributed by atoms with E-state index in [0.29, 0.717) is 32.5 Å².